The number of nitriles is 1. The van der Waals surface area contributed by atoms with Crippen LogP contribution >= 0.6 is 0 Å². The Bertz CT molecular complexity index is 637. The van der Waals surface area contributed by atoms with E-state index in [9.17, 15) is 5.26 Å². The van der Waals surface area contributed by atoms with E-state index >= 15 is 0 Å². The summed E-state index contributed by atoms with van der Waals surface area (Å²) in [6.45, 7) is 0. The number of hydrogen-bond donors (Lipinski definition) is 0. The summed E-state index contributed by atoms with van der Waals surface area (Å²) in [6, 6.07) is 8.99. The number of rotatable bonds is 4. The second-order valence-electron chi connectivity index (χ2n) is 3.92. The monoisotopic (exact) mass is 270 g/mol. The molecular formula is C15H14N2O3. The van der Waals surface area contributed by atoms with E-state index in [2.05, 4.69) is 11.1 Å². The average molecular weight is 270 g/mol. The van der Waals surface area contributed by atoms with E-state index in [1.54, 1.807) is 51.8 Å². The zero-order valence-electron chi connectivity index (χ0n) is 11.5. The van der Waals surface area contributed by atoms with Gasteiger partial charge in [-0.05, 0) is 12.1 Å². The van der Waals surface area contributed by atoms with Crippen molar-refractivity contribution in [1.82, 2.24) is 4.98 Å². The minimum atomic E-state index is 0.453. The zero-order valence-corrected chi connectivity index (χ0v) is 11.5. The van der Waals surface area contributed by atoms with Crippen LogP contribution in [0.3, 0.4) is 0 Å². The van der Waals surface area contributed by atoms with E-state index in [0.29, 0.717) is 34.1 Å². The fourth-order valence-electron chi connectivity index (χ4n) is 1.93. The smallest absolute Gasteiger partial charge is 0.135 e. The van der Waals surface area contributed by atoms with Crippen molar-refractivity contribution in [3.05, 3.63) is 36.0 Å². The number of methoxy groups -OCH3 is 3. The van der Waals surface area contributed by atoms with Crippen molar-refractivity contribution < 1.29 is 14.2 Å². The van der Waals surface area contributed by atoms with Gasteiger partial charge in [-0.3, -0.25) is 4.98 Å². The molecule has 2 aromatic rings. The number of nitrogens with zero attached hydrogens (tertiary/aromatic N) is 2. The summed E-state index contributed by atoms with van der Waals surface area (Å²) in [4.78, 5) is 4.27. The third kappa shape index (κ3) is 2.36. The number of ether oxygens (including phenoxy) is 3. The third-order valence-electron chi connectivity index (χ3n) is 2.88. The molecule has 0 radical (unpaired) electrons. The lowest BCUT2D eigenvalue weighted by molar-refractivity contribution is 0.377. The van der Waals surface area contributed by atoms with Gasteiger partial charge in [-0.25, -0.2) is 0 Å². The van der Waals surface area contributed by atoms with Gasteiger partial charge in [-0.2, -0.15) is 5.26 Å². The Morgan fingerprint density at radius 2 is 1.70 bits per heavy atom. The first-order valence-electron chi connectivity index (χ1n) is 5.90. The van der Waals surface area contributed by atoms with Gasteiger partial charge in [0, 0.05) is 18.3 Å². The van der Waals surface area contributed by atoms with Crippen molar-refractivity contribution >= 4 is 0 Å². The molecule has 0 aliphatic heterocycles. The average Bonchev–Trinajstić information content (AvgIpc) is 2.53. The molecule has 1 aromatic carbocycles. The largest absolute Gasteiger partial charge is 0.496 e. The van der Waals surface area contributed by atoms with Crippen LogP contribution in [0.5, 0.6) is 17.2 Å². The van der Waals surface area contributed by atoms with Crippen molar-refractivity contribution in [3.63, 3.8) is 0 Å². The van der Waals surface area contributed by atoms with Crippen LogP contribution in [0.2, 0.25) is 0 Å². The SMILES string of the molecule is COc1cc(OC)c(-c2ncccc2C#N)c(OC)c1. The van der Waals surface area contributed by atoms with Gasteiger partial charge in [-0.15, -0.1) is 0 Å². The van der Waals surface area contributed by atoms with E-state index in [0.717, 1.165) is 0 Å². The van der Waals surface area contributed by atoms with Crippen molar-refractivity contribution in [2.75, 3.05) is 21.3 Å². The van der Waals surface area contributed by atoms with Gasteiger partial charge < -0.3 is 14.2 Å². The Balaban J connectivity index is 2.75. The maximum absolute atomic E-state index is 9.21. The molecule has 0 unspecified atom stereocenters. The topological polar surface area (TPSA) is 64.4 Å². The van der Waals surface area contributed by atoms with Crippen LogP contribution in [0, 0.1) is 11.3 Å². The molecule has 1 aromatic heterocycles. The molecule has 5 heteroatoms. The quantitative estimate of drug-likeness (QED) is 0.854. The highest BCUT2D eigenvalue weighted by Gasteiger charge is 2.19. The number of pyridine rings is 1. The second kappa shape index (κ2) is 5.93. The molecule has 0 aliphatic rings. The summed E-state index contributed by atoms with van der Waals surface area (Å²) in [5, 5.41) is 9.21. The molecule has 0 N–H and O–H groups in total. The maximum Gasteiger partial charge on any atom is 0.135 e. The van der Waals surface area contributed by atoms with Gasteiger partial charge >= 0.3 is 0 Å². The summed E-state index contributed by atoms with van der Waals surface area (Å²) in [6.07, 6.45) is 1.62. The first kappa shape index (κ1) is 13.7. The summed E-state index contributed by atoms with van der Waals surface area (Å²) in [7, 11) is 4.66. The first-order valence-corrected chi connectivity index (χ1v) is 5.90. The standard InChI is InChI=1S/C15H14N2O3/c1-18-11-7-12(19-2)14(13(8-11)20-3)15-10(9-16)5-4-6-17-15/h4-8H,1-3H3. The van der Waals surface area contributed by atoms with E-state index in [-0.39, 0.29) is 0 Å². The van der Waals surface area contributed by atoms with E-state index in [1.807, 2.05) is 0 Å². The van der Waals surface area contributed by atoms with Gasteiger partial charge in [0.25, 0.3) is 0 Å². The second-order valence-corrected chi connectivity index (χ2v) is 3.92. The van der Waals surface area contributed by atoms with Crippen molar-refractivity contribution in [3.8, 4) is 34.6 Å². The van der Waals surface area contributed by atoms with Gasteiger partial charge in [0.05, 0.1) is 38.2 Å². The van der Waals surface area contributed by atoms with E-state index in [1.165, 1.54) is 0 Å². The number of aromatic nitrogens is 1. The lowest BCUT2D eigenvalue weighted by Gasteiger charge is -2.15. The van der Waals surface area contributed by atoms with Crippen LogP contribution in [0.25, 0.3) is 11.3 Å². The number of hydrogen-bond acceptors (Lipinski definition) is 5. The van der Waals surface area contributed by atoms with E-state index < -0.39 is 0 Å². The molecule has 0 fully saturated rings. The molecule has 1 heterocycles. The lowest BCUT2D eigenvalue weighted by Crippen LogP contribution is -1.98. The van der Waals surface area contributed by atoms with Gasteiger partial charge in [0.1, 0.15) is 23.3 Å². The Hall–Kier alpha value is -2.74. The molecule has 0 atom stereocenters. The molecule has 2 rings (SSSR count). The third-order valence-corrected chi connectivity index (χ3v) is 2.88. The number of benzene rings is 1. The van der Waals surface area contributed by atoms with Crippen molar-refractivity contribution in [2.24, 2.45) is 0 Å². The Morgan fingerprint density at radius 3 is 2.20 bits per heavy atom. The van der Waals surface area contributed by atoms with Crippen molar-refractivity contribution in [1.29, 1.82) is 5.26 Å². The molecule has 20 heavy (non-hydrogen) atoms. The molecule has 0 aliphatic carbocycles. The molecular weight excluding hydrogens is 256 g/mol. The van der Waals surface area contributed by atoms with Crippen LogP contribution in [0.15, 0.2) is 30.5 Å². The van der Waals surface area contributed by atoms with Crippen LogP contribution in [0.4, 0.5) is 0 Å². The molecule has 5 nitrogen and oxygen atoms in total. The predicted octanol–water partition coefficient (Wildman–Crippen LogP) is 2.65. The minimum absolute atomic E-state index is 0.453. The fourth-order valence-corrected chi connectivity index (χ4v) is 1.93. The zero-order chi connectivity index (χ0) is 14.5. The minimum Gasteiger partial charge on any atom is -0.496 e. The lowest BCUT2D eigenvalue weighted by atomic mass is 10.0. The molecule has 102 valence electrons. The molecule has 0 saturated carbocycles. The summed E-state index contributed by atoms with van der Waals surface area (Å²) < 4.78 is 16.0. The fraction of sp³-hybridized carbons (Fsp3) is 0.200. The molecule has 0 amide bonds. The molecule has 0 bridgehead atoms. The Morgan fingerprint density at radius 1 is 1.05 bits per heavy atom. The van der Waals surface area contributed by atoms with Crippen LogP contribution in [-0.4, -0.2) is 26.3 Å². The molecule has 0 saturated heterocycles. The van der Waals surface area contributed by atoms with Crippen LogP contribution in [0.1, 0.15) is 5.56 Å². The van der Waals surface area contributed by atoms with Gasteiger partial charge in [-0.1, -0.05) is 0 Å². The van der Waals surface area contributed by atoms with Crippen molar-refractivity contribution in [2.45, 2.75) is 0 Å². The highest BCUT2D eigenvalue weighted by atomic mass is 16.5. The highest BCUT2D eigenvalue weighted by Crippen LogP contribution is 2.41. The Kier molecular flexibility index (Phi) is 4.06. The summed E-state index contributed by atoms with van der Waals surface area (Å²) in [5.41, 5.74) is 1.61. The van der Waals surface area contributed by atoms with E-state index in [4.69, 9.17) is 14.2 Å². The first-order chi connectivity index (χ1) is 9.74. The van der Waals surface area contributed by atoms with Gasteiger partial charge in [0.2, 0.25) is 0 Å². The predicted molar refractivity (Wildman–Crippen MR) is 74.0 cm³/mol. The van der Waals surface area contributed by atoms with Crippen LogP contribution < -0.4 is 14.2 Å². The maximum atomic E-state index is 9.21. The van der Waals surface area contributed by atoms with Crippen LogP contribution in [-0.2, 0) is 0 Å². The van der Waals surface area contributed by atoms with Gasteiger partial charge in [0.15, 0.2) is 0 Å². The molecule has 0 spiro atoms. The normalized spacial score (nSPS) is 9.70. The summed E-state index contributed by atoms with van der Waals surface area (Å²) in [5.74, 6) is 1.68. The highest BCUT2D eigenvalue weighted by molar-refractivity contribution is 5.79. The Labute approximate surface area is 117 Å². The summed E-state index contributed by atoms with van der Waals surface area (Å²) >= 11 is 0.